The molecule has 0 saturated carbocycles. The predicted octanol–water partition coefficient (Wildman–Crippen LogP) is 1.08. The van der Waals surface area contributed by atoms with E-state index < -0.39 is 6.09 Å². The summed E-state index contributed by atoms with van der Waals surface area (Å²) in [6.45, 7) is 2.09. The van der Waals surface area contributed by atoms with Crippen LogP contribution in [0.3, 0.4) is 0 Å². The number of carboxylic acid groups (broad SMARTS) is 1. The minimum Gasteiger partial charge on any atom is -0.465 e. The van der Waals surface area contributed by atoms with Crippen LogP contribution < -0.4 is 5.32 Å². The summed E-state index contributed by atoms with van der Waals surface area (Å²) < 4.78 is 0. The standard InChI is InChI=1S/C8H16N2O2/c1-6-4-3-5-7(9-6)10(2)8(11)12/h6-7,9H,3-5H2,1-2H3,(H,11,12). The summed E-state index contributed by atoms with van der Waals surface area (Å²) in [5.41, 5.74) is 0. The fourth-order valence-electron chi connectivity index (χ4n) is 1.55. The zero-order valence-corrected chi connectivity index (χ0v) is 7.58. The Morgan fingerprint density at radius 2 is 2.25 bits per heavy atom. The first-order valence-electron chi connectivity index (χ1n) is 4.33. The molecule has 1 heterocycles. The number of hydrogen-bond donors (Lipinski definition) is 2. The Bertz CT molecular complexity index is 172. The van der Waals surface area contributed by atoms with E-state index >= 15 is 0 Å². The molecular formula is C8H16N2O2. The van der Waals surface area contributed by atoms with Crippen LogP contribution in [0.15, 0.2) is 0 Å². The number of hydrogen-bond acceptors (Lipinski definition) is 2. The van der Waals surface area contributed by atoms with Gasteiger partial charge in [0.25, 0.3) is 0 Å². The van der Waals surface area contributed by atoms with E-state index in [9.17, 15) is 4.79 Å². The van der Waals surface area contributed by atoms with Gasteiger partial charge in [0.15, 0.2) is 0 Å². The molecule has 4 heteroatoms. The van der Waals surface area contributed by atoms with Gasteiger partial charge in [-0.25, -0.2) is 4.79 Å². The van der Waals surface area contributed by atoms with Gasteiger partial charge in [-0.2, -0.15) is 0 Å². The van der Waals surface area contributed by atoms with Crippen molar-refractivity contribution >= 4 is 6.09 Å². The Balaban J connectivity index is 2.45. The monoisotopic (exact) mass is 172 g/mol. The summed E-state index contributed by atoms with van der Waals surface area (Å²) in [5, 5.41) is 11.9. The molecule has 0 aromatic heterocycles. The first-order chi connectivity index (χ1) is 5.61. The van der Waals surface area contributed by atoms with Gasteiger partial charge in [0.05, 0.1) is 6.17 Å². The molecule has 1 fully saturated rings. The summed E-state index contributed by atoms with van der Waals surface area (Å²) >= 11 is 0. The molecule has 70 valence electrons. The number of nitrogens with zero attached hydrogens (tertiary/aromatic N) is 1. The van der Waals surface area contributed by atoms with Gasteiger partial charge in [0.2, 0.25) is 0 Å². The average molecular weight is 172 g/mol. The van der Waals surface area contributed by atoms with Crippen LogP contribution in [-0.2, 0) is 0 Å². The van der Waals surface area contributed by atoms with Crippen LogP contribution in [0.25, 0.3) is 0 Å². The number of nitrogens with one attached hydrogen (secondary N) is 1. The van der Waals surface area contributed by atoms with Crippen LogP contribution in [-0.4, -0.2) is 35.4 Å². The zero-order chi connectivity index (χ0) is 9.14. The highest BCUT2D eigenvalue weighted by atomic mass is 16.4. The van der Waals surface area contributed by atoms with E-state index in [1.165, 1.54) is 4.90 Å². The highest BCUT2D eigenvalue weighted by Gasteiger charge is 2.23. The fourth-order valence-corrected chi connectivity index (χ4v) is 1.55. The third kappa shape index (κ3) is 2.11. The van der Waals surface area contributed by atoms with E-state index in [2.05, 4.69) is 12.2 Å². The maximum Gasteiger partial charge on any atom is 0.408 e. The quantitative estimate of drug-likeness (QED) is 0.622. The number of piperidine rings is 1. The molecule has 2 unspecified atom stereocenters. The van der Waals surface area contributed by atoms with Crippen molar-refractivity contribution in [2.45, 2.75) is 38.4 Å². The van der Waals surface area contributed by atoms with Crippen molar-refractivity contribution in [2.24, 2.45) is 0 Å². The van der Waals surface area contributed by atoms with Crippen molar-refractivity contribution < 1.29 is 9.90 Å². The second-order valence-electron chi connectivity index (χ2n) is 3.41. The van der Waals surface area contributed by atoms with Crippen molar-refractivity contribution in [1.29, 1.82) is 0 Å². The number of rotatable bonds is 1. The second-order valence-corrected chi connectivity index (χ2v) is 3.41. The normalized spacial score (nSPS) is 29.8. The van der Waals surface area contributed by atoms with E-state index in [-0.39, 0.29) is 6.17 Å². The Kier molecular flexibility index (Phi) is 2.92. The molecule has 0 spiro atoms. The molecule has 1 amide bonds. The summed E-state index contributed by atoms with van der Waals surface area (Å²) in [4.78, 5) is 11.9. The van der Waals surface area contributed by atoms with Gasteiger partial charge in [-0.15, -0.1) is 0 Å². The molecule has 0 aromatic rings. The third-order valence-electron chi connectivity index (χ3n) is 2.36. The van der Waals surface area contributed by atoms with E-state index in [1.807, 2.05) is 0 Å². The van der Waals surface area contributed by atoms with Gasteiger partial charge < -0.3 is 5.11 Å². The first kappa shape index (κ1) is 9.32. The minimum atomic E-state index is -0.860. The minimum absolute atomic E-state index is 0.00579. The average Bonchev–Trinajstić information content (AvgIpc) is 2.03. The van der Waals surface area contributed by atoms with Crippen molar-refractivity contribution in [3.8, 4) is 0 Å². The molecule has 2 N–H and O–H groups in total. The van der Waals surface area contributed by atoms with Crippen LogP contribution in [0.4, 0.5) is 4.79 Å². The number of amides is 1. The van der Waals surface area contributed by atoms with Gasteiger partial charge in [-0.1, -0.05) is 0 Å². The van der Waals surface area contributed by atoms with Gasteiger partial charge in [0, 0.05) is 13.1 Å². The van der Waals surface area contributed by atoms with Gasteiger partial charge in [0.1, 0.15) is 0 Å². The molecular weight excluding hydrogens is 156 g/mol. The summed E-state index contributed by atoms with van der Waals surface area (Å²) in [7, 11) is 1.61. The van der Waals surface area contributed by atoms with E-state index in [1.54, 1.807) is 7.05 Å². The van der Waals surface area contributed by atoms with Crippen molar-refractivity contribution in [2.75, 3.05) is 7.05 Å². The molecule has 0 radical (unpaired) electrons. The lowest BCUT2D eigenvalue weighted by atomic mass is 10.0. The molecule has 1 rings (SSSR count). The molecule has 0 bridgehead atoms. The third-order valence-corrected chi connectivity index (χ3v) is 2.36. The van der Waals surface area contributed by atoms with Crippen LogP contribution in [0.2, 0.25) is 0 Å². The molecule has 0 aliphatic carbocycles. The molecule has 1 saturated heterocycles. The van der Waals surface area contributed by atoms with E-state index in [0.717, 1.165) is 19.3 Å². The van der Waals surface area contributed by atoms with E-state index in [4.69, 9.17) is 5.11 Å². The summed E-state index contributed by atoms with van der Waals surface area (Å²) in [5.74, 6) is 0. The molecule has 2 atom stereocenters. The molecule has 1 aliphatic rings. The Hall–Kier alpha value is -0.770. The van der Waals surface area contributed by atoms with E-state index in [0.29, 0.717) is 6.04 Å². The zero-order valence-electron chi connectivity index (χ0n) is 7.58. The van der Waals surface area contributed by atoms with Crippen molar-refractivity contribution in [1.82, 2.24) is 10.2 Å². The van der Waals surface area contributed by atoms with Crippen molar-refractivity contribution in [3.05, 3.63) is 0 Å². The van der Waals surface area contributed by atoms with Gasteiger partial charge in [-0.05, 0) is 26.2 Å². The summed E-state index contributed by atoms with van der Waals surface area (Å²) in [6.07, 6.45) is 2.32. The lowest BCUT2D eigenvalue weighted by molar-refractivity contribution is 0.111. The molecule has 4 nitrogen and oxygen atoms in total. The SMILES string of the molecule is CC1CCCC(N(C)C(=O)O)N1. The highest BCUT2D eigenvalue weighted by molar-refractivity contribution is 5.64. The largest absolute Gasteiger partial charge is 0.465 e. The Morgan fingerprint density at radius 1 is 1.58 bits per heavy atom. The topological polar surface area (TPSA) is 52.6 Å². The van der Waals surface area contributed by atoms with Crippen LogP contribution in [0.5, 0.6) is 0 Å². The van der Waals surface area contributed by atoms with Crippen molar-refractivity contribution in [3.63, 3.8) is 0 Å². The van der Waals surface area contributed by atoms with Crippen LogP contribution in [0.1, 0.15) is 26.2 Å². The predicted molar refractivity (Wildman–Crippen MR) is 46.0 cm³/mol. The molecule has 12 heavy (non-hydrogen) atoms. The van der Waals surface area contributed by atoms with Crippen LogP contribution >= 0.6 is 0 Å². The number of carbonyl (C=O) groups is 1. The van der Waals surface area contributed by atoms with Gasteiger partial charge >= 0.3 is 6.09 Å². The Morgan fingerprint density at radius 3 is 2.75 bits per heavy atom. The molecule has 0 aromatic carbocycles. The maximum atomic E-state index is 10.6. The highest BCUT2D eigenvalue weighted by Crippen LogP contribution is 2.14. The Labute approximate surface area is 72.6 Å². The second kappa shape index (κ2) is 3.76. The maximum absolute atomic E-state index is 10.6. The van der Waals surface area contributed by atoms with Crippen LogP contribution in [0, 0.1) is 0 Å². The lowest BCUT2D eigenvalue weighted by Crippen LogP contribution is -2.51. The van der Waals surface area contributed by atoms with Gasteiger partial charge in [-0.3, -0.25) is 10.2 Å². The lowest BCUT2D eigenvalue weighted by Gasteiger charge is -2.33. The molecule has 1 aliphatic heterocycles. The first-order valence-corrected chi connectivity index (χ1v) is 4.33. The smallest absolute Gasteiger partial charge is 0.408 e. The fraction of sp³-hybridized carbons (Fsp3) is 0.875. The summed E-state index contributed by atoms with van der Waals surface area (Å²) in [6, 6.07) is 0.436.